The Hall–Kier alpha value is -2.66. The third kappa shape index (κ3) is 3.88. The third-order valence-electron chi connectivity index (χ3n) is 4.05. The van der Waals surface area contributed by atoms with Crippen LogP contribution < -0.4 is 5.32 Å². The highest BCUT2D eigenvalue weighted by Gasteiger charge is 2.29. The highest BCUT2D eigenvalue weighted by Crippen LogP contribution is 2.39. The van der Waals surface area contributed by atoms with E-state index in [1.54, 1.807) is 12.1 Å². The molecule has 1 heterocycles. The van der Waals surface area contributed by atoms with Gasteiger partial charge in [0.05, 0.1) is 6.42 Å². The normalized spacial score (nSPS) is 13.6. The number of hydrogen-bond acceptors (Lipinski definition) is 4. The van der Waals surface area contributed by atoms with Gasteiger partial charge in [-0.15, -0.1) is 0 Å². The topological polar surface area (TPSA) is 68.0 Å². The first-order valence-corrected chi connectivity index (χ1v) is 8.53. The summed E-state index contributed by atoms with van der Waals surface area (Å²) in [6.45, 7) is 0. The summed E-state index contributed by atoms with van der Waals surface area (Å²) >= 11 is 5.86. The van der Waals surface area contributed by atoms with Crippen LogP contribution in [0.15, 0.2) is 53.1 Å². The molecule has 1 fully saturated rings. The predicted molar refractivity (Wildman–Crippen MR) is 95.5 cm³/mol. The van der Waals surface area contributed by atoms with Crippen LogP contribution in [0.2, 0.25) is 5.02 Å². The number of rotatable bonds is 5. The van der Waals surface area contributed by atoms with Gasteiger partial charge in [0.25, 0.3) is 0 Å². The maximum Gasteiger partial charge on any atom is 0.230 e. The zero-order chi connectivity index (χ0) is 17.2. The average molecular weight is 354 g/mol. The minimum atomic E-state index is -0.0914. The van der Waals surface area contributed by atoms with Gasteiger partial charge in [0.1, 0.15) is 0 Å². The van der Waals surface area contributed by atoms with E-state index in [-0.39, 0.29) is 12.3 Å². The third-order valence-corrected chi connectivity index (χ3v) is 4.30. The standard InChI is InChI=1S/C19H16ClN3O2/c20-15-8-4-12(5-9-15)10-17(24)21-16-3-1-2-14(11-16)18-22-19(25-23-18)13-6-7-13/h1-5,8-9,11,13H,6-7,10H2,(H,21,24). The van der Waals surface area contributed by atoms with Crippen LogP contribution in [-0.2, 0) is 11.2 Å². The second-order valence-electron chi connectivity index (χ2n) is 6.16. The SMILES string of the molecule is O=C(Cc1ccc(Cl)cc1)Nc1cccc(-c2noc(C3CC3)n2)c1. The fourth-order valence-electron chi connectivity index (χ4n) is 2.58. The van der Waals surface area contributed by atoms with Gasteiger partial charge in [-0.1, -0.05) is 41.0 Å². The lowest BCUT2D eigenvalue weighted by molar-refractivity contribution is -0.115. The molecule has 3 aromatic rings. The van der Waals surface area contributed by atoms with Crippen molar-refractivity contribution in [2.75, 3.05) is 5.32 Å². The number of amides is 1. The molecule has 25 heavy (non-hydrogen) atoms. The summed E-state index contributed by atoms with van der Waals surface area (Å²) in [7, 11) is 0. The van der Waals surface area contributed by atoms with Gasteiger partial charge in [0.2, 0.25) is 17.6 Å². The van der Waals surface area contributed by atoms with Crippen LogP contribution in [0.1, 0.15) is 30.2 Å². The Labute approximate surface area is 150 Å². The Bertz CT molecular complexity index is 901. The van der Waals surface area contributed by atoms with Crippen molar-refractivity contribution in [2.45, 2.75) is 25.2 Å². The van der Waals surface area contributed by atoms with Crippen LogP contribution in [0, 0.1) is 0 Å². The molecule has 0 aliphatic heterocycles. The van der Waals surface area contributed by atoms with E-state index in [1.165, 1.54) is 0 Å². The lowest BCUT2D eigenvalue weighted by atomic mass is 10.1. The molecule has 126 valence electrons. The lowest BCUT2D eigenvalue weighted by Crippen LogP contribution is -2.14. The van der Waals surface area contributed by atoms with Crippen LogP contribution in [0.4, 0.5) is 5.69 Å². The van der Waals surface area contributed by atoms with Gasteiger partial charge in [0.15, 0.2) is 0 Å². The van der Waals surface area contributed by atoms with Crippen molar-refractivity contribution < 1.29 is 9.32 Å². The Morgan fingerprint density at radius 3 is 2.76 bits per heavy atom. The summed E-state index contributed by atoms with van der Waals surface area (Å²) in [5, 5.41) is 7.59. The molecular weight excluding hydrogens is 338 g/mol. The second kappa shape index (κ2) is 6.69. The van der Waals surface area contributed by atoms with Crippen LogP contribution in [0.3, 0.4) is 0 Å². The molecule has 5 nitrogen and oxygen atoms in total. The monoisotopic (exact) mass is 353 g/mol. The van der Waals surface area contributed by atoms with E-state index >= 15 is 0 Å². The number of halogens is 1. The maximum atomic E-state index is 12.2. The average Bonchev–Trinajstić information content (AvgIpc) is 3.34. The van der Waals surface area contributed by atoms with E-state index in [2.05, 4.69) is 15.5 Å². The van der Waals surface area contributed by atoms with Crippen molar-refractivity contribution in [1.29, 1.82) is 0 Å². The molecule has 0 bridgehead atoms. The smallest absolute Gasteiger partial charge is 0.230 e. The Balaban J connectivity index is 1.45. The summed E-state index contributed by atoms with van der Waals surface area (Å²) in [4.78, 5) is 16.7. The summed E-state index contributed by atoms with van der Waals surface area (Å²) in [6, 6.07) is 14.7. The molecule has 0 unspecified atom stereocenters. The van der Waals surface area contributed by atoms with Crippen molar-refractivity contribution in [3.63, 3.8) is 0 Å². The van der Waals surface area contributed by atoms with Crippen LogP contribution in [0.5, 0.6) is 0 Å². The van der Waals surface area contributed by atoms with Crippen molar-refractivity contribution >= 4 is 23.2 Å². The summed E-state index contributed by atoms with van der Waals surface area (Å²) in [6.07, 6.45) is 2.51. The van der Waals surface area contributed by atoms with Gasteiger partial charge in [0, 0.05) is 22.2 Å². The zero-order valence-electron chi connectivity index (χ0n) is 13.4. The number of aromatic nitrogens is 2. The highest BCUT2D eigenvalue weighted by atomic mass is 35.5. The van der Waals surface area contributed by atoms with E-state index in [0.717, 1.165) is 24.0 Å². The summed E-state index contributed by atoms with van der Waals surface area (Å²) < 4.78 is 5.29. The molecule has 0 spiro atoms. The molecule has 4 rings (SSSR count). The fraction of sp³-hybridized carbons (Fsp3) is 0.211. The number of carbonyl (C=O) groups excluding carboxylic acids is 1. The first kappa shape index (κ1) is 15.8. The summed E-state index contributed by atoms with van der Waals surface area (Å²) in [5.41, 5.74) is 2.43. The minimum Gasteiger partial charge on any atom is -0.339 e. The molecule has 2 aromatic carbocycles. The van der Waals surface area contributed by atoms with E-state index in [1.807, 2.05) is 36.4 Å². The lowest BCUT2D eigenvalue weighted by Gasteiger charge is -2.06. The van der Waals surface area contributed by atoms with Gasteiger partial charge in [-0.05, 0) is 42.7 Å². The molecule has 6 heteroatoms. The number of hydrogen-bond donors (Lipinski definition) is 1. The van der Waals surface area contributed by atoms with Gasteiger partial charge in [-0.3, -0.25) is 4.79 Å². The van der Waals surface area contributed by atoms with Gasteiger partial charge in [-0.2, -0.15) is 4.98 Å². The number of anilines is 1. The van der Waals surface area contributed by atoms with Crippen LogP contribution in [-0.4, -0.2) is 16.0 Å². The summed E-state index contributed by atoms with van der Waals surface area (Å²) in [5.74, 6) is 1.58. The van der Waals surface area contributed by atoms with Crippen molar-refractivity contribution in [1.82, 2.24) is 10.1 Å². The molecule has 1 aliphatic carbocycles. The van der Waals surface area contributed by atoms with E-state index in [9.17, 15) is 4.79 Å². The molecule has 0 saturated heterocycles. The predicted octanol–water partition coefficient (Wildman–Crippen LogP) is 4.45. The largest absolute Gasteiger partial charge is 0.339 e. The van der Waals surface area contributed by atoms with Gasteiger partial charge >= 0.3 is 0 Å². The Morgan fingerprint density at radius 2 is 2.00 bits per heavy atom. The van der Waals surface area contributed by atoms with Crippen molar-refractivity contribution in [3.8, 4) is 11.4 Å². The first-order chi connectivity index (χ1) is 12.2. The van der Waals surface area contributed by atoms with Crippen LogP contribution >= 0.6 is 11.6 Å². The quantitative estimate of drug-likeness (QED) is 0.735. The van der Waals surface area contributed by atoms with Crippen LogP contribution in [0.25, 0.3) is 11.4 Å². The van der Waals surface area contributed by atoms with Gasteiger partial charge < -0.3 is 9.84 Å². The van der Waals surface area contributed by atoms with Crippen molar-refractivity contribution in [2.24, 2.45) is 0 Å². The maximum absolute atomic E-state index is 12.2. The van der Waals surface area contributed by atoms with E-state index in [0.29, 0.717) is 28.3 Å². The molecule has 0 radical (unpaired) electrons. The number of nitrogens with one attached hydrogen (secondary N) is 1. The second-order valence-corrected chi connectivity index (χ2v) is 6.60. The number of nitrogens with zero attached hydrogens (tertiary/aromatic N) is 2. The zero-order valence-corrected chi connectivity index (χ0v) is 14.2. The fourth-order valence-corrected chi connectivity index (χ4v) is 2.70. The van der Waals surface area contributed by atoms with Crippen molar-refractivity contribution in [3.05, 3.63) is 65.0 Å². The van der Waals surface area contributed by atoms with Gasteiger partial charge in [-0.25, -0.2) is 0 Å². The number of carbonyl (C=O) groups is 1. The Kier molecular flexibility index (Phi) is 4.24. The molecule has 1 amide bonds. The number of benzene rings is 2. The first-order valence-electron chi connectivity index (χ1n) is 8.16. The van der Waals surface area contributed by atoms with E-state index < -0.39 is 0 Å². The molecule has 0 atom stereocenters. The molecule has 1 aromatic heterocycles. The Morgan fingerprint density at radius 1 is 1.20 bits per heavy atom. The molecule has 1 aliphatic rings. The van der Waals surface area contributed by atoms with E-state index in [4.69, 9.17) is 16.1 Å². The minimum absolute atomic E-state index is 0.0914. The highest BCUT2D eigenvalue weighted by molar-refractivity contribution is 6.30. The molecular formula is C19H16ClN3O2. The molecule has 1 saturated carbocycles. The molecule has 1 N–H and O–H groups in total.